The SMILES string of the molecule is COc1ncccc1NC(=S)NCC1(c2ccc(Cl)cc2)CCOCC1. The molecule has 1 aliphatic rings. The zero-order valence-corrected chi connectivity index (χ0v) is 16.2. The summed E-state index contributed by atoms with van der Waals surface area (Å²) in [5.74, 6) is 0.509. The number of ether oxygens (including phenoxy) is 2. The quantitative estimate of drug-likeness (QED) is 0.756. The fourth-order valence-corrected chi connectivity index (χ4v) is 3.51. The number of nitrogens with zero attached hydrogens (tertiary/aromatic N) is 1. The molecule has 138 valence electrons. The van der Waals surface area contributed by atoms with Crippen LogP contribution in [0.3, 0.4) is 0 Å². The summed E-state index contributed by atoms with van der Waals surface area (Å²) in [6.07, 6.45) is 3.54. The van der Waals surface area contributed by atoms with E-state index in [-0.39, 0.29) is 5.41 Å². The van der Waals surface area contributed by atoms with Crippen molar-refractivity contribution in [2.45, 2.75) is 18.3 Å². The summed E-state index contributed by atoms with van der Waals surface area (Å²) in [5, 5.41) is 7.79. The summed E-state index contributed by atoms with van der Waals surface area (Å²) in [5.41, 5.74) is 1.95. The van der Waals surface area contributed by atoms with Gasteiger partial charge in [0.2, 0.25) is 5.88 Å². The molecule has 7 heteroatoms. The first kappa shape index (κ1) is 18.9. The summed E-state index contributed by atoms with van der Waals surface area (Å²) >= 11 is 11.5. The van der Waals surface area contributed by atoms with Gasteiger partial charge in [0.05, 0.1) is 7.11 Å². The molecular weight excluding hydrogens is 370 g/mol. The topological polar surface area (TPSA) is 55.4 Å². The van der Waals surface area contributed by atoms with Gasteiger partial charge in [-0.05, 0) is 54.9 Å². The lowest BCUT2D eigenvalue weighted by molar-refractivity contribution is 0.0515. The minimum atomic E-state index is -0.0341. The smallest absolute Gasteiger partial charge is 0.237 e. The van der Waals surface area contributed by atoms with Crippen molar-refractivity contribution in [1.29, 1.82) is 0 Å². The molecule has 0 unspecified atom stereocenters. The van der Waals surface area contributed by atoms with Crippen LogP contribution in [0.4, 0.5) is 5.69 Å². The van der Waals surface area contributed by atoms with Gasteiger partial charge >= 0.3 is 0 Å². The fraction of sp³-hybridized carbons (Fsp3) is 0.368. The molecular formula is C19H22ClN3O2S. The Morgan fingerprint density at radius 1 is 1.27 bits per heavy atom. The summed E-state index contributed by atoms with van der Waals surface area (Å²) in [6.45, 7) is 2.19. The molecule has 0 radical (unpaired) electrons. The molecule has 3 rings (SSSR count). The van der Waals surface area contributed by atoms with Gasteiger partial charge in [0, 0.05) is 36.4 Å². The first-order chi connectivity index (χ1) is 12.6. The lowest BCUT2D eigenvalue weighted by atomic mass is 9.74. The van der Waals surface area contributed by atoms with Crippen LogP contribution in [0.1, 0.15) is 18.4 Å². The molecule has 0 atom stereocenters. The van der Waals surface area contributed by atoms with Gasteiger partial charge in [-0.1, -0.05) is 23.7 Å². The van der Waals surface area contributed by atoms with Crippen LogP contribution in [-0.2, 0) is 10.2 Å². The van der Waals surface area contributed by atoms with Crippen LogP contribution in [-0.4, -0.2) is 37.0 Å². The number of nitrogens with one attached hydrogen (secondary N) is 2. The molecule has 0 saturated carbocycles. The molecule has 26 heavy (non-hydrogen) atoms. The predicted octanol–water partition coefficient (Wildman–Crippen LogP) is 3.78. The van der Waals surface area contributed by atoms with E-state index in [1.165, 1.54) is 5.56 Å². The first-order valence-corrected chi connectivity index (χ1v) is 9.29. The molecule has 0 spiro atoms. The predicted molar refractivity (Wildman–Crippen MR) is 108 cm³/mol. The second kappa shape index (κ2) is 8.66. The monoisotopic (exact) mass is 391 g/mol. The molecule has 1 aliphatic heterocycles. The zero-order chi connectivity index (χ0) is 18.4. The highest BCUT2D eigenvalue weighted by molar-refractivity contribution is 7.80. The Labute approximate surface area is 164 Å². The molecule has 1 fully saturated rings. The fourth-order valence-electron chi connectivity index (χ4n) is 3.20. The van der Waals surface area contributed by atoms with Crippen molar-refractivity contribution in [3.05, 3.63) is 53.2 Å². The van der Waals surface area contributed by atoms with E-state index in [2.05, 4.69) is 27.8 Å². The van der Waals surface area contributed by atoms with E-state index in [0.29, 0.717) is 17.5 Å². The van der Waals surface area contributed by atoms with Crippen molar-refractivity contribution in [3.63, 3.8) is 0 Å². The van der Waals surface area contributed by atoms with Crippen LogP contribution in [0.2, 0.25) is 5.02 Å². The van der Waals surface area contributed by atoms with E-state index < -0.39 is 0 Å². The Morgan fingerprint density at radius 3 is 2.69 bits per heavy atom. The summed E-state index contributed by atoms with van der Waals surface area (Å²) in [7, 11) is 1.58. The van der Waals surface area contributed by atoms with Gasteiger partial charge < -0.3 is 20.1 Å². The van der Waals surface area contributed by atoms with E-state index in [9.17, 15) is 0 Å². The summed E-state index contributed by atoms with van der Waals surface area (Å²) in [6, 6.07) is 11.8. The number of hydrogen-bond donors (Lipinski definition) is 2. The molecule has 5 nitrogen and oxygen atoms in total. The third kappa shape index (κ3) is 4.44. The van der Waals surface area contributed by atoms with Gasteiger partial charge in [-0.2, -0.15) is 0 Å². The number of aromatic nitrogens is 1. The largest absolute Gasteiger partial charge is 0.480 e. The Hall–Kier alpha value is -1.89. The maximum absolute atomic E-state index is 6.05. The average molecular weight is 392 g/mol. The molecule has 0 amide bonds. The van der Waals surface area contributed by atoms with Gasteiger partial charge in [-0.3, -0.25) is 0 Å². The second-order valence-electron chi connectivity index (χ2n) is 6.27. The normalized spacial score (nSPS) is 15.9. The number of thiocarbonyl (C=S) groups is 1. The molecule has 2 N–H and O–H groups in total. The van der Waals surface area contributed by atoms with E-state index in [4.69, 9.17) is 33.3 Å². The third-order valence-electron chi connectivity index (χ3n) is 4.71. The lowest BCUT2D eigenvalue weighted by Crippen LogP contribution is -2.45. The van der Waals surface area contributed by atoms with Crippen LogP contribution in [0.25, 0.3) is 0 Å². The molecule has 0 bridgehead atoms. The number of halogens is 1. The second-order valence-corrected chi connectivity index (χ2v) is 7.11. The molecule has 2 heterocycles. The van der Waals surface area contributed by atoms with Crippen LogP contribution < -0.4 is 15.4 Å². The minimum absolute atomic E-state index is 0.0341. The van der Waals surface area contributed by atoms with Crippen LogP contribution in [0.15, 0.2) is 42.6 Å². The highest BCUT2D eigenvalue weighted by atomic mass is 35.5. The van der Waals surface area contributed by atoms with Crippen molar-refractivity contribution in [3.8, 4) is 5.88 Å². The Balaban J connectivity index is 1.70. The number of anilines is 1. The van der Waals surface area contributed by atoms with Crippen LogP contribution >= 0.6 is 23.8 Å². The van der Waals surface area contributed by atoms with Gasteiger partial charge in [0.1, 0.15) is 5.69 Å². The van der Waals surface area contributed by atoms with E-state index >= 15 is 0 Å². The van der Waals surface area contributed by atoms with Crippen molar-refractivity contribution in [2.75, 3.05) is 32.2 Å². The molecule has 0 aliphatic carbocycles. The van der Waals surface area contributed by atoms with Gasteiger partial charge in [0.15, 0.2) is 5.11 Å². The van der Waals surface area contributed by atoms with Crippen LogP contribution in [0.5, 0.6) is 5.88 Å². The number of hydrogen-bond acceptors (Lipinski definition) is 4. The lowest BCUT2D eigenvalue weighted by Gasteiger charge is -2.38. The minimum Gasteiger partial charge on any atom is -0.480 e. The average Bonchev–Trinajstić information content (AvgIpc) is 2.68. The number of methoxy groups -OCH3 is 1. The van der Waals surface area contributed by atoms with E-state index in [1.54, 1.807) is 13.3 Å². The highest BCUT2D eigenvalue weighted by Gasteiger charge is 2.34. The van der Waals surface area contributed by atoms with Crippen molar-refractivity contribution >= 4 is 34.6 Å². The number of benzene rings is 1. The van der Waals surface area contributed by atoms with E-state index in [0.717, 1.165) is 36.8 Å². The molecule has 1 aromatic heterocycles. The maximum Gasteiger partial charge on any atom is 0.237 e. The van der Waals surface area contributed by atoms with E-state index in [1.807, 2.05) is 24.3 Å². The van der Waals surface area contributed by atoms with Crippen molar-refractivity contribution in [1.82, 2.24) is 10.3 Å². The standard InChI is InChI=1S/C19H22ClN3O2S/c1-24-17-16(3-2-10-21-17)23-18(26)22-13-19(8-11-25-12-9-19)14-4-6-15(20)7-5-14/h2-7,10H,8-9,11-13H2,1H3,(H2,22,23,26). The number of pyridine rings is 1. The first-order valence-electron chi connectivity index (χ1n) is 8.51. The van der Waals surface area contributed by atoms with Gasteiger partial charge in [-0.25, -0.2) is 4.98 Å². The summed E-state index contributed by atoms with van der Waals surface area (Å²) < 4.78 is 10.8. The molecule has 2 aromatic rings. The summed E-state index contributed by atoms with van der Waals surface area (Å²) in [4.78, 5) is 4.17. The van der Waals surface area contributed by atoms with Crippen molar-refractivity contribution in [2.24, 2.45) is 0 Å². The Kier molecular flexibility index (Phi) is 6.29. The van der Waals surface area contributed by atoms with Gasteiger partial charge in [0.25, 0.3) is 0 Å². The Morgan fingerprint density at radius 2 is 2.00 bits per heavy atom. The Bertz CT molecular complexity index is 749. The third-order valence-corrected chi connectivity index (χ3v) is 5.20. The highest BCUT2D eigenvalue weighted by Crippen LogP contribution is 2.35. The van der Waals surface area contributed by atoms with Gasteiger partial charge in [-0.15, -0.1) is 0 Å². The molecule has 1 saturated heterocycles. The maximum atomic E-state index is 6.05. The molecule has 1 aromatic carbocycles. The zero-order valence-electron chi connectivity index (χ0n) is 14.6. The van der Waals surface area contributed by atoms with Crippen LogP contribution in [0, 0.1) is 0 Å². The number of rotatable bonds is 5. The van der Waals surface area contributed by atoms with Crippen molar-refractivity contribution < 1.29 is 9.47 Å².